The second kappa shape index (κ2) is 8.80. The van der Waals surface area contributed by atoms with Crippen LogP contribution in [0, 0.1) is 6.92 Å². The Morgan fingerprint density at radius 2 is 1.87 bits per heavy atom. The zero-order valence-electron chi connectivity index (χ0n) is 13.5. The third kappa shape index (κ3) is 6.00. The van der Waals surface area contributed by atoms with E-state index in [-0.39, 0.29) is 6.03 Å². The van der Waals surface area contributed by atoms with Crippen LogP contribution >= 0.6 is 0 Å². The van der Waals surface area contributed by atoms with Gasteiger partial charge in [-0.1, -0.05) is 35.9 Å². The lowest BCUT2D eigenvalue weighted by Gasteiger charge is -2.10. The Morgan fingerprint density at radius 3 is 2.61 bits per heavy atom. The van der Waals surface area contributed by atoms with Crippen molar-refractivity contribution in [1.29, 1.82) is 0 Å². The van der Waals surface area contributed by atoms with Crippen molar-refractivity contribution in [2.24, 2.45) is 0 Å². The minimum atomic E-state index is -0.250. The van der Waals surface area contributed by atoms with E-state index in [2.05, 4.69) is 10.6 Å². The van der Waals surface area contributed by atoms with Crippen LogP contribution in [-0.2, 0) is 11.3 Å². The van der Waals surface area contributed by atoms with Gasteiger partial charge in [0, 0.05) is 25.4 Å². The number of amides is 2. The van der Waals surface area contributed by atoms with Gasteiger partial charge in [-0.15, -0.1) is 0 Å². The van der Waals surface area contributed by atoms with Crippen LogP contribution in [0.15, 0.2) is 48.5 Å². The highest BCUT2D eigenvalue weighted by Gasteiger charge is 2.03. The van der Waals surface area contributed by atoms with Crippen molar-refractivity contribution in [1.82, 2.24) is 5.32 Å². The first-order valence-electron chi connectivity index (χ1n) is 7.49. The van der Waals surface area contributed by atoms with E-state index in [1.165, 1.54) is 5.56 Å². The number of ether oxygens (including phenoxy) is 2. The summed E-state index contributed by atoms with van der Waals surface area (Å²) in [6.07, 6.45) is 0. The highest BCUT2D eigenvalue weighted by molar-refractivity contribution is 5.89. The molecule has 0 aliphatic rings. The van der Waals surface area contributed by atoms with E-state index in [4.69, 9.17) is 9.47 Å². The lowest BCUT2D eigenvalue weighted by molar-refractivity contribution is 0.146. The van der Waals surface area contributed by atoms with Crippen LogP contribution < -0.4 is 15.4 Å². The van der Waals surface area contributed by atoms with Crippen LogP contribution in [0.1, 0.15) is 11.1 Å². The van der Waals surface area contributed by atoms with Gasteiger partial charge in [-0.3, -0.25) is 0 Å². The maximum atomic E-state index is 11.9. The van der Waals surface area contributed by atoms with Crippen LogP contribution in [0.3, 0.4) is 0 Å². The number of nitrogens with one attached hydrogen (secondary N) is 2. The average Bonchev–Trinajstić information content (AvgIpc) is 2.55. The Hall–Kier alpha value is -2.53. The van der Waals surface area contributed by atoms with E-state index in [9.17, 15) is 4.79 Å². The summed E-state index contributed by atoms with van der Waals surface area (Å²) in [6.45, 7) is 3.51. The van der Waals surface area contributed by atoms with E-state index in [1.54, 1.807) is 13.2 Å². The molecule has 0 radical (unpaired) electrons. The van der Waals surface area contributed by atoms with Crippen molar-refractivity contribution in [2.45, 2.75) is 13.5 Å². The molecule has 2 aromatic rings. The number of aryl methyl sites for hydroxylation is 1. The highest BCUT2D eigenvalue weighted by Crippen LogP contribution is 2.17. The zero-order valence-corrected chi connectivity index (χ0v) is 13.5. The summed E-state index contributed by atoms with van der Waals surface area (Å²) in [6, 6.07) is 15.1. The molecule has 122 valence electrons. The summed E-state index contributed by atoms with van der Waals surface area (Å²) in [4.78, 5) is 11.9. The Bertz CT molecular complexity index is 626. The molecule has 0 atom stereocenters. The monoisotopic (exact) mass is 314 g/mol. The summed E-state index contributed by atoms with van der Waals surface area (Å²) in [5.74, 6) is 0.693. The second-order valence-corrected chi connectivity index (χ2v) is 5.16. The molecule has 0 heterocycles. The summed E-state index contributed by atoms with van der Waals surface area (Å²) in [5, 5.41) is 5.62. The molecule has 0 saturated carbocycles. The molecule has 5 heteroatoms. The first kappa shape index (κ1) is 16.8. The van der Waals surface area contributed by atoms with Crippen molar-refractivity contribution in [3.63, 3.8) is 0 Å². The van der Waals surface area contributed by atoms with E-state index in [0.717, 1.165) is 5.56 Å². The van der Waals surface area contributed by atoms with Crippen LogP contribution in [-0.4, -0.2) is 26.4 Å². The topological polar surface area (TPSA) is 59.6 Å². The summed E-state index contributed by atoms with van der Waals surface area (Å²) >= 11 is 0. The van der Waals surface area contributed by atoms with E-state index in [0.29, 0.717) is 31.2 Å². The molecule has 0 fully saturated rings. The van der Waals surface area contributed by atoms with Crippen LogP contribution in [0.25, 0.3) is 0 Å². The standard InChI is InChI=1S/C18H22N2O3/c1-14-6-8-15(9-7-14)13-19-18(21)20-16-4-3-5-17(12-16)23-11-10-22-2/h3-9,12H,10-11,13H2,1-2H3,(H2,19,20,21). The van der Waals surface area contributed by atoms with Crippen LogP contribution in [0.4, 0.5) is 10.5 Å². The largest absolute Gasteiger partial charge is 0.491 e. The van der Waals surface area contributed by atoms with Crippen molar-refractivity contribution >= 4 is 11.7 Å². The van der Waals surface area contributed by atoms with E-state index < -0.39 is 0 Å². The number of benzene rings is 2. The van der Waals surface area contributed by atoms with Gasteiger partial charge in [0.25, 0.3) is 0 Å². The van der Waals surface area contributed by atoms with Gasteiger partial charge in [-0.05, 0) is 24.6 Å². The quantitative estimate of drug-likeness (QED) is 0.771. The Labute approximate surface area is 136 Å². The molecule has 0 saturated heterocycles. The maximum absolute atomic E-state index is 11.9. The van der Waals surface area contributed by atoms with Crippen LogP contribution in [0.5, 0.6) is 5.75 Å². The number of carbonyl (C=O) groups excluding carboxylic acids is 1. The number of urea groups is 1. The van der Waals surface area contributed by atoms with Gasteiger partial charge in [-0.2, -0.15) is 0 Å². The third-order valence-corrected chi connectivity index (χ3v) is 3.22. The highest BCUT2D eigenvalue weighted by atomic mass is 16.5. The maximum Gasteiger partial charge on any atom is 0.319 e. The molecule has 5 nitrogen and oxygen atoms in total. The molecule has 0 unspecified atom stereocenters. The molecule has 0 bridgehead atoms. The lowest BCUT2D eigenvalue weighted by Crippen LogP contribution is -2.28. The van der Waals surface area contributed by atoms with E-state index in [1.807, 2.05) is 49.4 Å². The van der Waals surface area contributed by atoms with Crippen molar-refractivity contribution in [3.8, 4) is 5.75 Å². The summed E-state index contributed by atoms with van der Waals surface area (Å²) in [7, 11) is 1.62. The number of rotatable bonds is 7. The Kier molecular flexibility index (Phi) is 6.44. The number of hydrogen-bond donors (Lipinski definition) is 2. The molecule has 2 amide bonds. The van der Waals surface area contributed by atoms with Crippen molar-refractivity contribution in [2.75, 3.05) is 25.6 Å². The number of methoxy groups -OCH3 is 1. The van der Waals surface area contributed by atoms with Gasteiger partial charge in [0.1, 0.15) is 12.4 Å². The zero-order chi connectivity index (χ0) is 16.5. The van der Waals surface area contributed by atoms with Gasteiger partial charge < -0.3 is 20.1 Å². The number of anilines is 1. The molecule has 2 N–H and O–H groups in total. The minimum Gasteiger partial charge on any atom is -0.491 e. The fourth-order valence-corrected chi connectivity index (χ4v) is 1.97. The predicted molar refractivity (Wildman–Crippen MR) is 90.9 cm³/mol. The summed E-state index contributed by atoms with van der Waals surface area (Å²) in [5.41, 5.74) is 2.94. The molecular weight excluding hydrogens is 292 g/mol. The van der Waals surface area contributed by atoms with Gasteiger partial charge in [0.2, 0.25) is 0 Å². The molecule has 2 rings (SSSR count). The normalized spacial score (nSPS) is 10.2. The molecule has 0 spiro atoms. The first-order chi connectivity index (χ1) is 11.2. The molecule has 0 aliphatic carbocycles. The Balaban J connectivity index is 1.82. The van der Waals surface area contributed by atoms with Crippen molar-refractivity contribution < 1.29 is 14.3 Å². The SMILES string of the molecule is COCCOc1cccc(NC(=O)NCc2ccc(C)cc2)c1. The molecule has 0 aromatic heterocycles. The molecular formula is C18H22N2O3. The fourth-order valence-electron chi connectivity index (χ4n) is 1.97. The van der Waals surface area contributed by atoms with Gasteiger partial charge in [0.05, 0.1) is 6.61 Å². The first-order valence-corrected chi connectivity index (χ1v) is 7.49. The lowest BCUT2D eigenvalue weighted by atomic mass is 10.1. The summed E-state index contributed by atoms with van der Waals surface area (Å²) < 4.78 is 10.4. The number of hydrogen-bond acceptors (Lipinski definition) is 3. The molecule has 23 heavy (non-hydrogen) atoms. The average molecular weight is 314 g/mol. The van der Waals surface area contributed by atoms with Gasteiger partial charge in [-0.25, -0.2) is 4.79 Å². The fraction of sp³-hybridized carbons (Fsp3) is 0.278. The molecule has 2 aromatic carbocycles. The van der Waals surface area contributed by atoms with Gasteiger partial charge >= 0.3 is 6.03 Å². The second-order valence-electron chi connectivity index (χ2n) is 5.16. The van der Waals surface area contributed by atoms with Crippen molar-refractivity contribution in [3.05, 3.63) is 59.7 Å². The Morgan fingerprint density at radius 1 is 1.09 bits per heavy atom. The smallest absolute Gasteiger partial charge is 0.319 e. The molecule has 0 aliphatic heterocycles. The predicted octanol–water partition coefficient (Wildman–Crippen LogP) is 3.34. The third-order valence-electron chi connectivity index (χ3n) is 3.22. The minimum absolute atomic E-state index is 0.250. The number of carbonyl (C=O) groups is 1. The van der Waals surface area contributed by atoms with E-state index >= 15 is 0 Å². The van der Waals surface area contributed by atoms with Crippen LogP contribution in [0.2, 0.25) is 0 Å². The van der Waals surface area contributed by atoms with Gasteiger partial charge in [0.15, 0.2) is 0 Å².